The molecule has 0 spiro atoms. The Bertz CT molecular complexity index is 500. The van der Waals surface area contributed by atoms with Gasteiger partial charge in [-0.2, -0.15) is 0 Å². The van der Waals surface area contributed by atoms with Gasteiger partial charge in [0.1, 0.15) is 0 Å². The molecule has 2 fully saturated rings. The summed E-state index contributed by atoms with van der Waals surface area (Å²) in [5, 5.41) is 1.25. The number of rotatable bonds is 6. The minimum Gasteiger partial charge on any atom is -0.490 e. The number of ether oxygens (including phenoxy) is 1. The third kappa shape index (κ3) is 5.68. The van der Waals surface area contributed by atoms with Crippen LogP contribution in [0.2, 0.25) is 10.0 Å². The number of nitrogens with zero attached hydrogens (tertiary/aromatic N) is 1. The van der Waals surface area contributed by atoms with Gasteiger partial charge in [0.25, 0.3) is 0 Å². The summed E-state index contributed by atoms with van der Waals surface area (Å²) in [6.45, 7) is 3.86. The van der Waals surface area contributed by atoms with Crippen LogP contribution < -0.4 is 10.5 Å². The van der Waals surface area contributed by atoms with Crippen LogP contribution in [-0.2, 0) is 6.42 Å². The van der Waals surface area contributed by atoms with Gasteiger partial charge in [0.15, 0.2) is 5.75 Å². The molecule has 23 heavy (non-hydrogen) atoms. The van der Waals surface area contributed by atoms with Crippen molar-refractivity contribution in [1.82, 2.24) is 4.90 Å². The molecule has 1 aromatic rings. The van der Waals surface area contributed by atoms with Crippen LogP contribution in [0.4, 0.5) is 0 Å². The topological polar surface area (TPSA) is 38.5 Å². The molecule has 3 rings (SSSR count). The van der Waals surface area contributed by atoms with E-state index in [1.807, 2.05) is 12.1 Å². The summed E-state index contributed by atoms with van der Waals surface area (Å²) in [5.74, 6) is 1.33. The minimum absolute atomic E-state index is 0. The Morgan fingerprint density at radius 3 is 2.48 bits per heavy atom. The standard InChI is InChI=1S/C17H24Cl2N2O.ClH/c18-15-8-13(5-7-21-6-1-2-14(20)10-21)9-16(19)17(15)22-11-12-3-4-12;/h8-9,12,14H,1-7,10-11,20H2;1H/t14-;/m0./s1. The molecule has 6 heteroatoms. The SMILES string of the molecule is Cl.N[C@H]1CCCN(CCc2cc(Cl)c(OCC3CC3)c(Cl)c2)C1. The van der Waals surface area contributed by atoms with Crippen molar-refractivity contribution < 1.29 is 4.74 Å². The zero-order valence-corrected chi connectivity index (χ0v) is 15.6. The second-order valence-electron chi connectivity index (χ2n) is 6.60. The highest BCUT2D eigenvalue weighted by Gasteiger charge is 2.23. The molecule has 0 aromatic heterocycles. The maximum Gasteiger partial charge on any atom is 0.156 e. The molecule has 1 saturated heterocycles. The molecule has 1 heterocycles. The molecule has 0 radical (unpaired) electrons. The first-order chi connectivity index (χ1) is 10.6. The Morgan fingerprint density at radius 1 is 1.17 bits per heavy atom. The molecule has 1 aliphatic heterocycles. The lowest BCUT2D eigenvalue weighted by Gasteiger charge is -2.30. The molecule has 0 unspecified atom stereocenters. The van der Waals surface area contributed by atoms with E-state index in [-0.39, 0.29) is 12.4 Å². The van der Waals surface area contributed by atoms with Gasteiger partial charge in [-0.3, -0.25) is 0 Å². The zero-order valence-electron chi connectivity index (χ0n) is 13.3. The molecule has 1 saturated carbocycles. The van der Waals surface area contributed by atoms with Gasteiger partial charge in [-0.15, -0.1) is 12.4 Å². The fraction of sp³-hybridized carbons (Fsp3) is 0.647. The van der Waals surface area contributed by atoms with E-state index in [1.54, 1.807) is 0 Å². The van der Waals surface area contributed by atoms with E-state index in [0.29, 0.717) is 27.8 Å². The first-order valence-corrected chi connectivity index (χ1v) is 8.96. The fourth-order valence-electron chi connectivity index (χ4n) is 2.96. The van der Waals surface area contributed by atoms with Crippen LogP contribution in [0.25, 0.3) is 0 Å². The zero-order chi connectivity index (χ0) is 15.5. The van der Waals surface area contributed by atoms with Crippen LogP contribution in [-0.4, -0.2) is 37.2 Å². The van der Waals surface area contributed by atoms with E-state index in [9.17, 15) is 0 Å². The molecule has 1 aliphatic carbocycles. The number of hydrogen-bond acceptors (Lipinski definition) is 3. The summed E-state index contributed by atoms with van der Waals surface area (Å²) in [7, 11) is 0. The third-order valence-corrected chi connectivity index (χ3v) is 5.04. The predicted molar refractivity (Wildman–Crippen MR) is 99.3 cm³/mol. The number of likely N-dealkylation sites (tertiary alicyclic amines) is 1. The summed E-state index contributed by atoms with van der Waals surface area (Å²) in [5.41, 5.74) is 7.18. The number of hydrogen-bond donors (Lipinski definition) is 1. The van der Waals surface area contributed by atoms with Crippen molar-refractivity contribution >= 4 is 35.6 Å². The highest BCUT2D eigenvalue weighted by molar-refractivity contribution is 6.37. The summed E-state index contributed by atoms with van der Waals surface area (Å²) in [4.78, 5) is 2.42. The number of nitrogens with two attached hydrogens (primary N) is 1. The van der Waals surface area contributed by atoms with Crippen LogP contribution in [0.15, 0.2) is 12.1 Å². The highest BCUT2D eigenvalue weighted by atomic mass is 35.5. The van der Waals surface area contributed by atoms with Crippen molar-refractivity contribution in [3.05, 3.63) is 27.7 Å². The second-order valence-corrected chi connectivity index (χ2v) is 7.41. The number of halogens is 3. The Labute approximate surface area is 154 Å². The van der Waals surface area contributed by atoms with Gasteiger partial charge in [-0.1, -0.05) is 23.2 Å². The van der Waals surface area contributed by atoms with Crippen LogP contribution in [0.1, 0.15) is 31.2 Å². The monoisotopic (exact) mass is 378 g/mol. The summed E-state index contributed by atoms with van der Waals surface area (Å²) < 4.78 is 5.76. The maximum absolute atomic E-state index is 6.34. The van der Waals surface area contributed by atoms with E-state index in [1.165, 1.54) is 19.3 Å². The van der Waals surface area contributed by atoms with E-state index >= 15 is 0 Å². The van der Waals surface area contributed by atoms with E-state index < -0.39 is 0 Å². The van der Waals surface area contributed by atoms with Crippen LogP contribution in [0.5, 0.6) is 5.75 Å². The minimum atomic E-state index is 0. The van der Waals surface area contributed by atoms with Gasteiger partial charge >= 0.3 is 0 Å². The van der Waals surface area contributed by atoms with Crippen molar-refractivity contribution in [1.29, 1.82) is 0 Å². The quantitative estimate of drug-likeness (QED) is 0.806. The van der Waals surface area contributed by atoms with Crippen molar-refractivity contribution in [2.75, 3.05) is 26.2 Å². The largest absolute Gasteiger partial charge is 0.490 e. The Hall–Kier alpha value is -0.190. The summed E-state index contributed by atoms with van der Waals surface area (Å²) in [6, 6.07) is 4.29. The Balaban J connectivity index is 0.00000192. The molecule has 0 bridgehead atoms. The molecule has 1 atom stereocenters. The third-order valence-electron chi connectivity index (χ3n) is 4.48. The number of benzene rings is 1. The molecular formula is C17H25Cl3N2O. The first kappa shape index (κ1) is 19.1. The van der Waals surface area contributed by atoms with Crippen LogP contribution in [0.3, 0.4) is 0 Å². The van der Waals surface area contributed by atoms with E-state index in [4.69, 9.17) is 33.7 Å². The molecule has 2 N–H and O–H groups in total. The maximum atomic E-state index is 6.34. The van der Waals surface area contributed by atoms with Gasteiger partial charge in [-0.25, -0.2) is 0 Å². The van der Waals surface area contributed by atoms with E-state index in [2.05, 4.69) is 4.90 Å². The summed E-state index contributed by atoms with van der Waals surface area (Å²) >= 11 is 12.7. The van der Waals surface area contributed by atoms with Crippen molar-refractivity contribution in [2.45, 2.75) is 38.1 Å². The predicted octanol–water partition coefficient (Wildman–Crippen LogP) is 4.17. The average Bonchev–Trinajstić information content (AvgIpc) is 3.28. The molecule has 3 nitrogen and oxygen atoms in total. The lowest BCUT2D eigenvalue weighted by molar-refractivity contribution is 0.211. The van der Waals surface area contributed by atoms with Gasteiger partial charge < -0.3 is 15.4 Å². The fourth-order valence-corrected chi connectivity index (χ4v) is 3.60. The van der Waals surface area contributed by atoms with Gasteiger partial charge in [0, 0.05) is 19.1 Å². The highest BCUT2D eigenvalue weighted by Crippen LogP contribution is 2.37. The molecule has 2 aliphatic rings. The number of piperidine rings is 1. The van der Waals surface area contributed by atoms with E-state index in [0.717, 1.165) is 44.6 Å². The van der Waals surface area contributed by atoms with Crippen molar-refractivity contribution in [2.24, 2.45) is 11.7 Å². The van der Waals surface area contributed by atoms with Crippen LogP contribution in [0, 0.1) is 5.92 Å². The van der Waals surface area contributed by atoms with Gasteiger partial charge in [0.2, 0.25) is 0 Å². The van der Waals surface area contributed by atoms with Crippen molar-refractivity contribution in [3.8, 4) is 5.75 Å². The molecule has 0 amide bonds. The first-order valence-electron chi connectivity index (χ1n) is 8.20. The molecular weight excluding hydrogens is 355 g/mol. The molecule has 130 valence electrons. The van der Waals surface area contributed by atoms with Gasteiger partial charge in [-0.05, 0) is 62.3 Å². The van der Waals surface area contributed by atoms with Gasteiger partial charge in [0.05, 0.1) is 16.7 Å². The Morgan fingerprint density at radius 2 is 1.87 bits per heavy atom. The normalized spacial score (nSPS) is 21.8. The smallest absolute Gasteiger partial charge is 0.156 e. The summed E-state index contributed by atoms with van der Waals surface area (Å²) in [6.07, 6.45) is 5.78. The Kier molecular flexibility index (Phi) is 7.30. The van der Waals surface area contributed by atoms with Crippen molar-refractivity contribution in [3.63, 3.8) is 0 Å². The second kappa shape index (κ2) is 8.77. The lowest BCUT2D eigenvalue weighted by atomic mass is 10.1. The lowest BCUT2D eigenvalue weighted by Crippen LogP contribution is -2.43. The average molecular weight is 380 g/mol. The van der Waals surface area contributed by atoms with Crippen LogP contribution >= 0.6 is 35.6 Å². The molecule has 1 aromatic carbocycles.